The fourth-order valence-corrected chi connectivity index (χ4v) is 3.34. The summed E-state index contributed by atoms with van der Waals surface area (Å²) in [7, 11) is 0. The molecule has 2 rings (SSSR count). The molecule has 0 amide bonds. The number of alkyl halides is 3. The van der Waals surface area contributed by atoms with Crippen molar-refractivity contribution in [3.05, 3.63) is 17.7 Å². The van der Waals surface area contributed by atoms with Crippen molar-refractivity contribution in [3.63, 3.8) is 0 Å². The van der Waals surface area contributed by atoms with E-state index in [1.54, 1.807) is 11.8 Å². The molecule has 1 saturated carbocycles. The summed E-state index contributed by atoms with van der Waals surface area (Å²) in [5.41, 5.74) is 1.41. The van der Waals surface area contributed by atoms with Gasteiger partial charge in [-0.2, -0.15) is 24.9 Å². The molecule has 0 bridgehead atoms. The maximum atomic E-state index is 12.8. The van der Waals surface area contributed by atoms with Crippen LogP contribution >= 0.6 is 11.8 Å². The van der Waals surface area contributed by atoms with Gasteiger partial charge < -0.3 is 10.7 Å². The van der Waals surface area contributed by atoms with E-state index in [4.69, 9.17) is 5.84 Å². The van der Waals surface area contributed by atoms with Gasteiger partial charge in [-0.05, 0) is 31.2 Å². The highest BCUT2D eigenvalue weighted by atomic mass is 32.2. The molecular formula is C12H17F3N4S. The molecule has 1 heterocycles. The number of nitrogens with one attached hydrogen (secondary N) is 2. The van der Waals surface area contributed by atoms with Gasteiger partial charge in [-0.15, -0.1) is 0 Å². The fraction of sp³-hybridized carbons (Fsp3) is 0.583. The van der Waals surface area contributed by atoms with Gasteiger partial charge in [-0.1, -0.05) is 6.42 Å². The van der Waals surface area contributed by atoms with Crippen molar-refractivity contribution in [2.45, 2.75) is 36.7 Å². The summed E-state index contributed by atoms with van der Waals surface area (Å²) in [6, 6.07) is 2.06. The van der Waals surface area contributed by atoms with Crippen LogP contribution in [0.2, 0.25) is 0 Å². The Morgan fingerprint density at radius 2 is 2.00 bits per heavy atom. The van der Waals surface area contributed by atoms with Crippen molar-refractivity contribution in [2.24, 2.45) is 5.84 Å². The average molecular weight is 306 g/mol. The number of aromatic nitrogens is 1. The maximum absolute atomic E-state index is 12.8. The van der Waals surface area contributed by atoms with Crippen LogP contribution in [0, 0.1) is 0 Å². The van der Waals surface area contributed by atoms with E-state index in [2.05, 4.69) is 15.7 Å². The van der Waals surface area contributed by atoms with Gasteiger partial charge in [0.2, 0.25) is 0 Å². The molecule has 0 saturated heterocycles. The van der Waals surface area contributed by atoms with Gasteiger partial charge in [-0.25, -0.2) is 10.8 Å². The lowest BCUT2D eigenvalue weighted by Crippen LogP contribution is -2.26. The third-order valence-corrected chi connectivity index (χ3v) is 4.56. The van der Waals surface area contributed by atoms with Crippen LogP contribution in [0.1, 0.15) is 24.8 Å². The van der Waals surface area contributed by atoms with Crippen LogP contribution in [-0.2, 0) is 6.18 Å². The Hall–Kier alpha value is -1.15. The summed E-state index contributed by atoms with van der Waals surface area (Å²) in [6.45, 7) is 0. The number of pyridine rings is 1. The zero-order valence-electron chi connectivity index (χ0n) is 11.0. The highest BCUT2D eigenvalue weighted by Crippen LogP contribution is 2.34. The second-order valence-corrected chi connectivity index (χ2v) is 5.80. The zero-order valence-corrected chi connectivity index (χ0v) is 11.8. The van der Waals surface area contributed by atoms with E-state index in [-0.39, 0.29) is 17.7 Å². The molecule has 1 aromatic heterocycles. The van der Waals surface area contributed by atoms with E-state index in [1.807, 2.05) is 6.26 Å². The van der Waals surface area contributed by atoms with Crippen molar-refractivity contribution in [1.29, 1.82) is 0 Å². The molecule has 0 aliphatic heterocycles. The zero-order chi connectivity index (χ0) is 14.8. The lowest BCUT2D eigenvalue weighted by molar-refractivity contribution is -0.137. The summed E-state index contributed by atoms with van der Waals surface area (Å²) in [4.78, 5) is 4.04. The molecular weight excluding hydrogens is 289 g/mol. The van der Waals surface area contributed by atoms with Crippen LogP contribution in [0.4, 0.5) is 24.8 Å². The normalized spacial score (nSPS) is 22.9. The topological polar surface area (TPSA) is 63.0 Å². The van der Waals surface area contributed by atoms with Crippen molar-refractivity contribution >= 4 is 23.4 Å². The number of hydrazine groups is 1. The van der Waals surface area contributed by atoms with Crippen LogP contribution in [0.3, 0.4) is 0 Å². The minimum atomic E-state index is -4.42. The highest BCUT2D eigenvalue weighted by molar-refractivity contribution is 7.99. The Morgan fingerprint density at radius 1 is 1.30 bits per heavy atom. The van der Waals surface area contributed by atoms with E-state index >= 15 is 0 Å². The smallest absolute Gasteiger partial charge is 0.366 e. The quantitative estimate of drug-likeness (QED) is 0.589. The van der Waals surface area contributed by atoms with E-state index < -0.39 is 11.7 Å². The predicted molar refractivity (Wildman–Crippen MR) is 75.6 cm³/mol. The highest BCUT2D eigenvalue weighted by Gasteiger charge is 2.32. The van der Waals surface area contributed by atoms with Crippen LogP contribution in [0.15, 0.2) is 12.1 Å². The fourth-order valence-electron chi connectivity index (χ4n) is 2.41. The molecule has 0 radical (unpaired) electrons. The molecule has 4 nitrogen and oxygen atoms in total. The minimum Gasteiger partial charge on any atom is -0.366 e. The number of nitrogen functional groups attached to an aromatic ring is 1. The van der Waals surface area contributed by atoms with E-state index in [9.17, 15) is 13.2 Å². The molecule has 1 fully saturated rings. The lowest BCUT2D eigenvalue weighted by atomic mass is 10.2. The summed E-state index contributed by atoms with van der Waals surface area (Å²) >= 11 is 1.73. The Kier molecular flexibility index (Phi) is 4.64. The Balaban J connectivity index is 2.22. The number of anilines is 2. The van der Waals surface area contributed by atoms with Crippen LogP contribution < -0.4 is 16.6 Å². The van der Waals surface area contributed by atoms with Gasteiger partial charge in [0.25, 0.3) is 0 Å². The van der Waals surface area contributed by atoms with Gasteiger partial charge in [-0.3, -0.25) is 0 Å². The van der Waals surface area contributed by atoms with Gasteiger partial charge in [0.15, 0.2) is 0 Å². The minimum absolute atomic E-state index is 0.000948. The summed E-state index contributed by atoms with van der Waals surface area (Å²) in [5, 5.41) is 3.50. The molecule has 112 valence electrons. The van der Waals surface area contributed by atoms with Crippen LogP contribution in [0.25, 0.3) is 0 Å². The number of hydrogen-bond donors (Lipinski definition) is 3. The SMILES string of the molecule is CSC1CCCC1Nc1cc(C(F)(F)F)cc(NN)n1. The van der Waals surface area contributed by atoms with Crippen molar-refractivity contribution in [3.8, 4) is 0 Å². The predicted octanol–water partition coefficient (Wildman–Crippen LogP) is 3.08. The molecule has 0 aromatic carbocycles. The van der Waals surface area contributed by atoms with E-state index in [0.717, 1.165) is 31.4 Å². The van der Waals surface area contributed by atoms with E-state index in [1.165, 1.54) is 0 Å². The Labute approximate surface area is 119 Å². The first-order valence-electron chi connectivity index (χ1n) is 6.29. The number of halogens is 3. The van der Waals surface area contributed by atoms with Crippen LogP contribution in [0.5, 0.6) is 0 Å². The largest absolute Gasteiger partial charge is 0.416 e. The molecule has 1 aliphatic carbocycles. The third kappa shape index (κ3) is 3.49. The van der Waals surface area contributed by atoms with Gasteiger partial charge in [0.1, 0.15) is 11.6 Å². The van der Waals surface area contributed by atoms with Crippen molar-refractivity contribution in [2.75, 3.05) is 17.0 Å². The number of nitrogens with two attached hydrogens (primary N) is 1. The van der Waals surface area contributed by atoms with E-state index in [0.29, 0.717) is 5.25 Å². The number of hydrogen-bond acceptors (Lipinski definition) is 5. The molecule has 8 heteroatoms. The molecule has 2 unspecified atom stereocenters. The molecule has 2 atom stereocenters. The Morgan fingerprint density at radius 3 is 2.60 bits per heavy atom. The number of thioether (sulfide) groups is 1. The molecule has 1 aliphatic rings. The Bertz CT molecular complexity index is 467. The summed E-state index contributed by atoms with van der Waals surface area (Å²) in [5.74, 6) is 5.39. The first kappa shape index (κ1) is 15.2. The lowest BCUT2D eigenvalue weighted by Gasteiger charge is -2.21. The number of rotatable bonds is 4. The third-order valence-electron chi connectivity index (χ3n) is 3.39. The monoisotopic (exact) mass is 306 g/mol. The van der Waals surface area contributed by atoms with Gasteiger partial charge >= 0.3 is 6.18 Å². The summed E-state index contributed by atoms with van der Waals surface area (Å²) < 4.78 is 38.4. The van der Waals surface area contributed by atoms with Gasteiger partial charge in [0.05, 0.1) is 5.56 Å². The first-order valence-corrected chi connectivity index (χ1v) is 7.58. The summed E-state index contributed by atoms with van der Waals surface area (Å²) in [6.07, 6.45) is 0.676. The van der Waals surface area contributed by atoms with Crippen molar-refractivity contribution in [1.82, 2.24) is 4.98 Å². The second kappa shape index (κ2) is 6.09. The average Bonchev–Trinajstić information content (AvgIpc) is 2.84. The first-order chi connectivity index (χ1) is 9.44. The standard InChI is InChI=1S/C12H17F3N4S/c1-20-9-4-2-3-8(9)17-10-5-7(12(13,14)15)6-11(18-10)19-16/h5-6,8-9H,2-4,16H2,1H3,(H2,17,18,19). The maximum Gasteiger partial charge on any atom is 0.416 e. The molecule has 0 spiro atoms. The van der Waals surface area contributed by atoms with Crippen LogP contribution in [-0.4, -0.2) is 22.5 Å². The molecule has 4 N–H and O–H groups in total. The second-order valence-electron chi connectivity index (χ2n) is 4.72. The van der Waals surface area contributed by atoms with Gasteiger partial charge in [0, 0.05) is 11.3 Å². The molecule has 1 aromatic rings. The number of nitrogens with zero attached hydrogens (tertiary/aromatic N) is 1. The molecule has 20 heavy (non-hydrogen) atoms. The van der Waals surface area contributed by atoms with Crippen molar-refractivity contribution < 1.29 is 13.2 Å².